The lowest BCUT2D eigenvalue weighted by Gasteiger charge is -2.19. The summed E-state index contributed by atoms with van der Waals surface area (Å²) in [5, 5.41) is 23.2. The highest BCUT2D eigenvalue weighted by Crippen LogP contribution is 2.19. The molecule has 0 saturated carbocycles. The van der Waals surface area contributed by atoms with Crippen LogP contribution < -0.4 is 5.32 Å². The monoisotopic (exact) mass is 996 g/mol. The molecule has 0 aliphatic rings. The molecule has 1 amide bonds. The maximum atomic E-state index is 12.5. The summed E-state index contributed by atoms with van der Waals surface area (Å²) in [5.41, 5.74) is 0. The number of nitrogens with one attached hydrogen (secondary N) is 1. The van der Waals surface area contributed by atoms with Crippen LogP contribution in [0.1, 0.15) is 367 Å². The van der Waals surface area contributed by atoms with Gasteiger partial charge in [0.15, 0.2) is 0 Å². The highest BCUT2D eigenvalue weighted by molar-refractivity contribution is 5.76. The van der Waals surface area contributed by atoms with Gasteiger partial charge in [-0.25, -0.2) is 0 Å². The van der Waals surface area contributed by atoms with Crippen molar-refractivity contribution in [2.45, 2.75) is 379 Å². The topological polar surface area (TPSA) is 69.6 Å². The minimum absolute atomic E-state index is 0.0705. The van der Waals surface area contributed by atoms with E-state index in [1.807, 2.05) is 6.08 Å². The lowest BCUT2D eigenvalue weighted by Crippen LogP contribution is -2.45. The largest absolute Gasteiger partial charge is 0.394 e. The molecule has 0 aromatic heterocycles. The minimum Gasteiger partial charge on any atom is -0.394 e. The standard InChI is InChI=1S/C67H129NO3/c1-3-5-7-9-11-13-15-17-19-21-23-25-27-28-29-30-31-32-33-34-35-36-37-38-39-40-41-43-45-47-49-51-53-55-57-59-61-63-67(71)68-65(64-69)66(70)62-60-58-56-54-52-50-48-46-44-42-26-24-22-20-18-16-14-12-10-8-6-4-2/h44,46,52,54,60,62,65-66,69-70H,3-43,45,47-51,53,55-59,61,63-64H2,1-2H3,(H,68,71)/b46-44+,54-52+,62-60+. The second-order valence-electron chi connectivity index (χ2n) is 22.5. The summed E-state index contributed by atoms with van der Waals surface area (Å²) in [6, 6.07) is -0.645. The van der Waals surface area contributed by atoms with E-state index in [1.54, 1.807) is 6.08 Å². The normalized spacial score (nSPS) is 12.9. The van der Waals surface area contributed by atoms with E-state index in [2.05, 4.69) is 43.5 Å². The summed E-state index contributed by atoms with van der Waals surface area (Å²) in [5.74, 6) is -0.0705. The first-order valence-electron chi connectivity index (χ1n) is 32.7. The summed E-state index contributed by atoms with van der Waals surface area (Å²) >= 11 is 0. The number of carbonyl (C=O) groups excluding carboxylic acids is 1. The van der Waals surface area contributed by atoms with Gasteiger partial charge in [0.05, 0.1) is 18.8 Å². The van der Waals surface area contributed by atoms with Gasteiger partial charge in [-0.3, -0.25) is 4.79 Å². The van der Waals surface area contributed by atoms with Gasteiger partial charge in [0.25, 0.3) is 0 Å². The summed E-state index contributed by atoms with van der Waals surface area (Å²) in [4.78, 5) is 12.5. The molecule has 0 rings (SSSR count). The van der Waals surface area contributed by atoms with E-state index in [4.69, 9.17) is 0 Å². The molecule has 0 spiro atoms. The molecule has 4 heteroatoms. The predicted molar refractivity (Wildman–Crippen MR) is 318 cm³/mol. The molecule has 0 aliphatic heterocycles. The van der Waals surface area contributed by atoms with Crippen LogP contribution in [-0.4, -0.2) is 34.9 Å². The molecule has 0 heterocycles. The van der Waals surface area contributed by atoms with E-state index in [-0.39, 0.29) is 12.5 Å². The van der Waals surface area contributed by atoms with Crippen LogP contribution in [0, 0.1) is 0 Å². The lowest BCUT2D eigenvalue weighted by molar-refractivity contribution is -0.123. The molecule has 0 saturated heterocycles. The minimum atomic E-state index is -0.870. The fraction of sp³-hybridized carbons (Fsp3) is 0.896. The number of aliphatic hydroxyl groups excluding tert-OH is 2. The van der Waals surface area contributed by atoms with E-state index in [9.17, 15) is 15.0 Å². The van der Waals surface area contributed by atoms with E-state index < -0.39 is 12.1 Å². The number of allylic oxidation sites excluding steroid dienone is 5. The molecule has 0 fully saturated rings. The quantitative estimate of drug-likeness (QED) is 0.0420. The second-order valence-corrected chi connectivity index (χ2v) is 22.5. The van der Waals surface area contributed by atoms with Crippen LogP contribution in [0.5, 0.6) is 0 Å². The highest BCUT2D eigenvalue weighted by Gasteiger charge is 2.18. The van der Waals surface area contributed by atoms with E-state index in [0.717, 1.165) is 38.5 Å². The number of amides is 1. The third-order valence-corrected chi connectivity index (χ3v) is 15.4. The SMILES string of the molecule is CCCCCCCCCCCCCC/C=C/CC/C=C/CC/C=C/C(O)C(CO)NC(=O)CCCCCCCCCCCCCCCCCCCCCCCCCCCCCCCCCCCCCCC. The van der Waals surface area contributed by atoms with Crippen molar-refractivity contribution in [3.8, 4) is 0 Å². The zero-order valence-electron chi connectivity index (χ0n) is 48.5. The molecule has 2 atom stereocenters. The number of rotatable bonds is 61. The lowest BCUT2D eigenvalue weighted by atomic mass is 10.0. The Morgan fingerprint density at radius 1 is 0.324 bits per heavy atom. The first kappa shape index (κ1) is 69.6. The van der Waals surface area contributed by atoms with Crippen molar-refractivity contribution in [1.29, 1.82) is 0 Å². The number of aliphatic hydroxyl groups is 2. The zero-order valence-corrected chi connectivity index (χ0v) is 48.5. The Bertz CT molecular complexity index is 1080. The van der Waals surface area contributed by atoms with Crippen LogP contribution in [-0.2, 0) is 4.79 Å². The third-order valence-electron chi connectivity index (χ3n) is 15.4. The van der Waals surface area contributed by atoms with Crippen LogP contribution in [0.4, 0.5) is 0 Å². The number of unbranched alkanes of at least 4 members (excludes halogenated alkanes) is 50. The van der Waals surface area contributed by atoms with Crippen LogP contribution in [0.2, 0.25) is 0 Å². The van der Waals surface area contributed by atoms with Crippen molar-refractivity contribution in [3.63, 3.8) is 0 Å². The van der Waals surface area contributed by atoms with E-state index >= 15 is 0 Å². The zero-order chi connectivity index (χ0) is 51.3. The van der Waals surface area contributed by atoms with Gasteiger partial charge >= 0.3 is 0 Å². The Labute approximate surface area is 446 Å². The van der Waals surface area contributed by atoms with Crippen LogP contribution in [0.3, 0.4) is 0 Å². The Balaban J connectivity index is 3.43. The van der Waals surface area contributed by atoms with Crippen molar-refractivity contribution in [3.05, 3.63) is 36.5 Å². The van der Waals surface area contributed by atoms with Crippen molar-refractivity contribution in [2.24, 2.45) is 0 Å². The molecule has 420 valence electrons. The van der Waals surface area contributed by atoms with Crippen molar-refractivity contribution >= 4 is 5.91 Å². The summed E-state index contributed by atoms with van der Waals surface area (Å²) in [7, 11) is 0. The maximum absolute atomic E-state index is 12.5. The predicted octanol–water partition coefficient (Wildman–Crippen LogP) is 22.0. The molecule has 0 radical (unpaired) electrons. The second kappa shape index (κ2) is 62.9. The van der Waals surface area contributed by atoms with Crippen molar-refractivity contribution in [1.82, 2.24) is 5.32 Å². The van der Waals surface area contributed by atoms with Gasteiger partial charge in [-0.1, -0.05) is 352 Å². The highest BCUT2D eigenvalue weighted by atomic mass is 16.3. The number of hydrogen-bond donors (Lipinski definition) is 3. The summed E-state index contributed by atoms with van der Waals surface area (Å²) in [6.45, 7) is 4.34. The van der Waals surface area contributed by atoms with Crippen molar-refractivity contribution < 1.29 is 15.0 Å². The van der Waals surface area contributed by atoms with Crippen molar-refractivity contribution in [2.75, 3.05) is 6.61 Å². The Hall–Kier alpha value is -1.39. The Morgan fingerprint density at radius 2 is 0.549 bits per heavy atom. The van der Waals surface area contributed by atoms with E-state index in [0.29, 0.717) is 6.42 Å². The number of hydrogen-bond acceptors (Lipinski definition) is 3. The molecule has 71 heavy (non-hydrogen) atoms. The molecule has 0 bridgehead atoms. The van der Waals surface area contributed by atoms with Gasteiger partial charge in [0.1, 0.15) is 0 Å². The first-order valence-corrected chi connectivity index (χ1v) is 32.7. The van der Waals surface area contributed by atoms with Gasteiger partial charge in [-0.2, -0.15) is 0 Å². The van der Waals surface area contributed by atoms with Gasteiger partial charge in [0.2, 0.25) is 5.91 Å². The summed E-state index contributed by atoms with van der Waals surface area (Å²) in [6.07, 6.45) is 86.5. The molecule has 3 N–H and O–H groups in total. The van der Waals surface area contributed by atoms with Crippen LogP contribution in [0.25, 0.3) is 0 Å². The molecule has 0 aliphatic carbocycles. The fourth-order valence-corrected chi connectivity index (χ4v) is 10.4. The molecule has 2 unspecified atom stereocenters. The Kier molecular flexibility index (Phi) is 61.7. The Morgan fingerprint density at radius 3 is 0.817 bits per heavy atom. The smallest absolute Gasteiger partial charge is 0.220 e. The van der Waals surface area contributed by atoms with Crippen LogP contribution >= 0.6 is 0 Å². The molecular formula is C67H129NO3. The van der Waals surface area contributed by atoms with E-state index in [1.165, 1.54) is 308 Å². The maximum Gasteiger partial charge on any atom is 0.220 e. The van der Waals surface area contributed by atoms with Gasteiger partial charge < -0.3 is 15.5 Å². The molecular weight excluding hydrogens is 867 g/mol. The fourth-order valence-electron chi connectivity index (χ4n) is 10.4. The third kappa shape index (κ3) is 59.4. The number of carbonyl (C=O) groups is 1. The van der Waals surface area contributed by atoms with Crippen LogP contribution in [0.15, 0.2) is 36.5 Å². The first-order chi connectivity index (χ1) is 35.2. The molecule has 0 aromatic rings. The molecule has 0 aromatic carbocycles. The average Bonchev–Trinajstić information content (AvgIpc) is 3.37. The summed E-state index contributed by atoms with van der Waals surface area (Å²) < 4.78 is 0. The van der Waals surface area contributed by atoms with Gasteiger partial charge in [0, 0.05) is 6.42 Å². The van der Waals surface area contributed by atoms with Gasteiger partial charge in [-0.15, -0.1) is 0 Å². The average molecular weight is 997 g/mol. The van der Waals surface area contributed by atoms with Gasteiger partial charge in [-0.05, 0) is 44.9 Å². The molecule has 4 nitrogen and oxygen atoms in total.